The first-order valence-corrected chi connectivity index (χ1v) is 5.54. The number of nitriles is 1. The van der Waals surface area contributed by atoms with Crippen LogP contribution in [-0.4, -0.2) is 39.0 Å². The van der Waals surface area contributed by atoms with Gasteiger partial charge in [-0.05, 0) is 32.7 Å². The van der Waals surface area contributed by atoms with Crippen molar-refractivity contribution >= 4 is 0 Å². The number of hydrogen-bond donors (Lipinski definition) is 1. The normalized spacial score (nSPS) is 19.5. The Balaban J connectivity index is 2.23. The van der Waals surface area contributed by atoms with E-state index in [9.17, 15) is 0 Å². The van der Waals surface area contributed by atoms with Crippen molar-refractivity contribution < 1.29 is 9.47 Å². The fourth-order valence-electron chi connectivity index (χ4n) is 1.65. The molecule has 1 aliphatic carbocycles. The van der Waals surface area contributed by atoms with Crippen molar-refractivity contribution in [1.82, 2.24) is 5.32 Å². The van der Waals surface area contributed by atoms with E-state index in [2.05, 4.69) is 11.4 Å². The zero-order chi connectivity index (χ0) is 11.1. The van der Waals surface area contributed by atoms with Gasteiger partial charge in [-0.15, -0.1) is 0 Å². The minimum Gasteiger partial charge on any atom is -0.379 e. The quantitative estimate of drug-likeness (QED) is 0.608. The first-order valence-electron chi connectivity index (χ1n) is 5.54. The van der Waals surface area contributed by atoms with E-state index in [0.717, 1.165) is 12.8 Å². The van der Waals surface area contributed by atoms with E-state index in [0.29, 0.717) is 32.3 Å². The first kappa shape index (κ1) is 12.4. The zero-order valence-electron chi connectivity index (χ0n) is 9.58. The molecular formula is C11H20N2O2. The molecule has 1 unspecified atom stereocenters. The van der Waals surface area contributed by atoms with Crippen LogP contribution in [0.3, 0.4) is 0 Å². The lowest BCUT2D eigenvalue weighted by molar-refractivity contribution is 0.0305. The number of likely N-dealkylation sites (N-methyl/N-ethyl adjacent to an activating group) is 1. The zero-order valence-corrected chi connectivity index (χ0v) is 9.58. The molecule has 0 aromatic heterocycles. The summed E-state index contributed by atoms with van der Waals surface area (Å²) >= 11 is 0. The van der Waals surface area contributed by atoms with Gasteiger partial charge < -0.3 is 14.8 Å². The molecule has 0 spiro atoms. The number of nitrogens with zero attached hydrogens (tertiary/aromatic N) is 1. The summed E-state index contributed by atoms with van der Waals surface area (Å²) in [6.07, 6.45) is 2.26. The van der Waals surface area contributed by atoms with Crippen molar-refractivity contribution in [1.29, 1.82) is 5.26 Å². The third-order valence-electron chi connectivity index (χ3n) is 2.83. The number of hydrogen-bond acceptors (Lipinski definition) is 4. The molecule has 0 bridgehead atoms. The first-order chi connectivity index (χ1) is 7.29. The Morgan fingerprint density at radius 2 is 2.07 bits per heavy atom. The Hall–Kier alpha value is -0.630. The SMILES string of the molecule is CCOCCOCC(C#N)(NC)C1CC1. The van der Waals surface area contributed by atoms with Crippen LogP contribution in [0.15, 0.2) is 0 Å². The molecule has 4 nitrogen and oxygen atoms in total. The van der Waals surface area contributed by atoms with Crippen molar-refractivity contribution in [3.05, 3.63) is 0 Å². The van der Waals surface area contributed by atoms with Crippen molar-refractivity contribution in [2.75, 3.05) is 33.5 Å². The van der Waals surface area contributed by atoms with Gasteiger partial charge in [0, 0.05) is 6.61 Å². The Kier molecular flexibility index (Phi) is 5.03. The summed E-state index contributed by atoms with van der Waals surface area (Å²) in [5.74, 6) is 0.458. The monoisotopic (exact) mass is 212 g/mol. The minimum atomic E-state index is -0.480. The molecule has 15 heavy (non-hydrogen) atoms. The maximum Gasteiger partial charge on any atom is 0.132 e. The fraction of sp³-hybridized carbons (Fsp3) is 0.909. The molecule has 0 aromatic rings. The molecule has 1 saturated carbocycles. The van der Waals surface area contributed by atoms with Gasteiger partial charge in [-0.3, -0.25) is 0 Å². The van der Waals surface area contributed by atoms with Gasteiger partial charge in [-0.2, -0.15) is 5.26 Å². The molecule has 0 amide bonds. The molecule has 0 aromatic carbocycles. The highest BCUT2D eigenvalue weighted by atomic mass is 16.5. The standard InChI is InChI=1S/C11H20N2O2/c1-3-14-6-7-15-9-11(8-12,13-2)10-4-5-10/h10,13H,3-7,9H2,1-2H3. The second-order valence-corrected chi connectivity index (χ2v) is 3.86. The van der Waals surface area contributed by atoms with Crippen LogP contribution in [0.2, 0.25) is 0 Å². The van der Waals surface area contributed by atoms with Crippen LogP contribution >= 0.6 is 0 Å². The van der Waals surface area contributed by atoms with Crippen LogP contribution in [0, 0.1) is 17.2 Å². The lowest BCUT2D eigenvalue weighted by Gasteiger charge is -2.25. The summed E-state index contributed by atoms with van der Waals surface area (Å²) < 4.78 is 10.6. The third-order valence-corrected chi connectivity index (χ3v) is 2.83. The summed E-state index contributed by atoms with van der Waals surface area (Å²) in [6.45, 7) is 4.29. The second kappa shape index (κ2) is 6.06. The van der Waals surface area contributed by atoms with E-state index in [1.807, 2.05) is 14.0 Å². The highest BCUT2D eigenvalue weighted by Crippen LogP contribution is 2.39. The van der Waals surface area contributed by atoms with Gasteiger partial charge in [0.15, 0.2) is 0 Å². The van der Waals surface area contributed by atoms with Crippen LogP contribution in [-0.2, 0) is 9.47 Å². The molecule has 1 aliphatic rings. The summed E-state index contributed by atoms with van der Waals surface area (Å²) in [4.78, 5) is 0. The van der Waals surface area contributed by atoms with Crippen LogP contribution in [0.1, 0.15) is 19.8 Å². The Bertz CT molecular complexity index is 223. The van der Waals surface area contributed by atoms with Crippen LogP contribution in [0.4, 0.5) is 0 Å². The van der Waals surface area contributed by atoms with Crippen molar-refractivity contribution in [2.45, 2.75) is 25.3 Å². The van der Waals surface area contributed by atoms with Gasteiger partial charge in [-0.25, -0.2) is 0 Å². The maximum absolute atomic E-state index is 9.17. The average Bonchev–Trinajstić information content (AvgIpc) is 3.08. The molecule has 0 aliphatic heterocycles. The average molecular weight is 212 g/mol. The molecule has 86 valence electrons. The van der Waals surface area contributed by atoms with E-state index < -0.39 is 5.54 Å². The molecular weight excluding hydrogens is 192 g/mol. The van der Waals surface area contributed by atoms with Gasteiger partial charge in [0.1, 0.15) is 5.54 Å². The topological polar surface area (TPSA) is 54.3 Å². The highest BCUT2D eigenvalue weighted by Gasteiger charge is 2.44. The molecule has 4 heteroatoms. The molecule has 1 N–H and O–H groups in total. The molecule has 1 rings (SSSR count). The van der Waals surface area contributed by atoms with Crippen molar-refractivity contribution in [3.63, 3.8) is 0 Å². The molecule has 1 atom stereocenters. The van der Waals surface area contributed by atoms with Crippen LogP contribution < -0.4 is 5.32 Å². The lowest BCUT2D eigenvalue weighted by Crippen LogP contribution is -2.48. The van der Waals surface area contributed by atoms with Gasteiger partial charge in [0.2, 0.25) is 0 Å². The van der Waals surface area contributed by atoms with Gasteiger partial charge in [0.05, 0.1) is 25.9 Å². The summed E-state index contributed by atoms with van der Waals surface area (Å²) in [5.41, 5.74) is -0.480. The number of ether oxygens (including phenoxy) is 2. The van der Waals surface area contributed by atoms with Crippen LogP contribution in [0.5, 0.6) is 0 Å². The maximum atomic E-state index is 9.17. The predicted molar refractivity (Wildman–Crippen MR) is 57.4 cm³/mol. The van der Waals surface area contributed by atoms with Crippen LogP contribution in [0.25, 0.3) is 0 Å². The Labute approximate surface area is 91.6 Å². The predicted octanol–water partition coefficient (Wildman–Crippen LogP) is 0.931. The van der Waals surface area contributed by atoms with Gasteiger partial charge >= 0.3 is 0 Å². The Morgan fingerprint density at radius 1 is 1.40 bits per heavy atom. The van der Waals surface area contributed by atoms with Gasteiger partial charge in [-0.1, -0.05) is 0 Å². The third kappa shape index (κ3) is 3.45. The van der Waals surface area contributed by atoms with E-state index in [1.54, 1.807) is 0 Å². The Morgan fingerprint density at radius 3 is 2.53 bits per heavy atom. The number of rotatable bonds is 8. The fourth-order valence-corrected chi connectivity index (χ4v) is 1.65. The van der Waals surface area contributed by atoms with Crippen molar-refractivity contribution in [3.8, 4) is 6.07 Å². The molecule has 1 fully saturated rings. The summed E-state index contributed by atoms with van der Waals surface area (Å²) in [6, 6.07) is 2.34. The largest absolute Gasteiger partial charge is 0.379 e. The highest BCUT2D eigenvalue weighted by molar-refractivity contribution is 5.14. The number of nitrogens with one attached hydrogen (secondary N) is 1. The van der Waals surface area contributed by atoms with E-state index >= 15 is 0 Å². The molecule has 0 heterocycles. The van der Waals surface area contributed by atoms with Gasteiger partial charge in [0.25, 0.3) is 0 Å². The smallest absolute Gasteiger partial charge is 0.132 e. The van der Waals surface area contributed by atoms with Crippen molar-refractivity contribution in [2.24, 2.45) is 5.92 Å². The molecule has 0 saturated heterocycles. The minimum absolute atomic E-state index is 0.456. The second-order valence-electron chi connectivity index (χ2n) is 3.86. The molecule has 0 radical (unpaired) electrons. The van der Waals surface area contributed by atoms with E-state index in [-0.39, 0.29) is 0 Å². The van der Waals surface area contributed by atoms with E-state index in [4.69, 9.17) is 14.7 Å². The summed E-state index contributed by atoms with van der Waals surface area (Å²) in [5, 5.41) is 12.3. The van der Waals surface area contributed by atoms with E-state index in [1.165, 1.54) is 0 Å². The lowest BCUT2D eigenvalue weighted by atomic mass is 9.97. The summed E-state index contributed by atoms with van der Waals surface area (Å²) in [7, 11) is 1.83.